The molecule has 1 atom stereocenters. The Hall–Kier alpha value is -2.56. The highest BCUT2D eigenvalue weighted by molar-refractivity contribution is 5.73. The molecule has 0 bridgehead atoms. The van der Waals surface area contributed by atoms with Crippen molar-refractivity contribution in [3.63, 3.8) is 0 Å². The van der Waals surface area contributed by atoms with Crippen LogP contribution >= 0.6 is 0 Å². The average Bonchev–Trinajstić information content (AvgIpc) is 2.77. The van der Waals surface area contributed by atoms with Gasteiger partial charge in [-0.2, -0.15) is 0 Å². The van der Waals surface area contributed by atoms with E-state index in [1.54, 1.807) is 31.1 Å². The van der Waals surface area contributed by atoms with Crippen LogP contribution in [0.1, 0.15) is 64.4 Å². The molecule has 0 aliphatic heterocycles. The van der Waals surface area contributed by atoms with Gasteiger partial charge in [0.05, 0.1) is 11.5 Å². The number of primary amides is 1. The molecule has 10 heteroatoms. The number of hydrogen-bond donors (Lipinski definition) is 3. The summed E-state index contributed by atoms with van der Waals surface area (Å²) in [7, 11) is 5.56. The molecule has 0 saturated heterocycles. The Morgan fingerprint density at radius 1 is 1.09 bits per heavy atom. The smallest absolute Gasteiger partial charge is 0.317 e. The minimum Gasteiger partial charge on any atom is -0.480 e. The van der Waals surface area contributed by atoms with Gasteiger partial charge < -0.3 is 20.8 Å². The number of carboxylic acids is 1. The van der Waals surface area contributed by atoms with Gasteiger partial charge in [0.25, 0.3) is 5.69 Å². The molecule has 202 valence electrons. The maximum Gasteiger partial charge on any atom is 0.317 e. The molecule has 0 spiro atoms. The van der Waals surface area contributed by atoms with Gasteiger partial charge in [-0.1, -0.05) is 38.3 Å². The fourth-order valence-electron chi connectivity index (χ4n) is 2.97. The third-order valence-electron chi connectivity index (χ3n) is 5.13. The highest BCUT2D eigenvalue weighted by atomic mass is 16.6. The number of rotatable bonds is 15. The summed E-state index contributed by atoms with van der Waals surface area (Å²) in [5.41, 5.74) is 6.21. The molecule has 0 radical (unpaired) electrons. The van der Waals surface area contributed by atoms with Gasteiger partial charge in [-0.15, -0.1) is 0 Å². The van der Waals surface area contributed by atoms with E-state index in [1.807, 2.05) is 0 Å². The molecule has 1 aromatic rings. The monoisotopic (exact) mass is 498 g/mol. The normalized spacial score (nSPS) is 11.2. The SMILES string of the molecule is CCCCCC(C)N(C)CCCC(N)=O.CN(C)CC(=O)O.O=[N+]([O-])c1ccc(CCCO)cc1. The van der Waals surface area contributed by atoms with Gasteiger partial charge in [0.1, 0.15) is 0 Å². The van der Waals surface area contributed by atoms with Crippen molar-refractivity contribution in [2.75, 3.05) is 40.8 Å². The predicted molar refractivity (Wildman–Crippen MR) is 139 cm³/mol. The van der Waals surface area contributed by atoms with E-state index in [1.165, 1.54) is 37.8 Å². The number of nitrogens with zero attached hydrogens (tertiary/aromatic N) is 3. The first-order valence-corrected chi connectivity index (χ1v) is 12.1. The summed E-state index contributed by atoms with van der Waals surface area (Å²) in [5.74, 6) is -0.980. The number of benzene rings is 1. The lowest BCUT2D eigenvalue weighted by atomic mass is 10.1. The fraction of sp³-hybridized carbons (Fsp3) is 0.680. The molecule has 1 amide bonds. The van der Waals surface area contributed by atoms with Crippen LogP contribution in [0.3, 0.4) is 0 Å². The van der Waals surface area contributed by atoms with Gasteiger partial charge in [-0.05, 0) is 65.9 Å². The van der Waals surface area contributed by atoms with E-state index >= 15 is 0 Å². The summed E-state index contributed by atoms with van der Waals surface area (Å²) in [5, 5.41) is 26.9. The van der Waals surface area contributed by atoms with Crippen LogP contribution in [0, 0.1) is 10.1 Å². The standard InChI is InChI=1S/C12H26N2O.C9H11NO3.C4H9NO2/c1-4-5-6-8-11(2)14(3)10-7-9-12(13)15;11-7-1-2-8-3-5-9(6-4-8)10(12)13;1-5(2)3-4(6)7/h11H,4-10H2,1-3H3,(H2,13,15);3-6,11H,1-2,7H2;3H2,1-2H3,(H,6,7). The second kappa shape index (κ2) is 21.9. The van der Waals surface area contributed by atoms with E-state index in [2.05, 4.69) is 25.8 Å². The molecule has 0 aliphatic rings. The van der Waals surface area contributed by atoms with Crippen LogP contribution in [-0.4, -0.2) is 83.7 Å². The van der Waals surface area contributed by atoms with Crippen LogP contribution in [0.2, 0.25) is 0 Å². The van der Waals surface area contributed by atoms with Crippen LogP contribution in [0.4, 0.5) is 5.69 Å². The molecule has 0 aliphatic carbocycles. The molecule has 0 heterocycles. The largest absolute Gasteiger partial charge is 0.480 e. The van der Waals surface area contributed by atoms with Crippen molar-refractivity contribution < 1.29 is 24.7 Å². The number of aliphatic carboxylic acids is 1. The number of nitro benzene ring substituents is 1. The van der Waals surface area contributed by atoms with Crippen LogP contribution < -0.4 is 5.73 Å². The van der Waals surface area contributed by atoms with E-state index in [4.69, 9.17) is 15.9 Å². The van der Waals surface area contributed by atoms with Crippen LogP contribution in [0.25, 0.3) is 0 Å². The number of carbonyl (C=O) groups excluding carboxylic acids is 1. The molecule has 0 saturated carbocycles. The number of likely N-dealkylation sites (N-methyl/N-ethyl adjacent to an activating group) is 1. The number of aliphatic hydroxyl groups excluding tert-OH is 1. The summed E-state index contributed by atoms with van der Waals surface area (Å²) in [6, 6.07) is 7.01. The molecule has 1 aromatic carbocycles. The topological polar surface area (TPSA) is 150 Å². The molecule has 10 nitrogen and oxygen atoms in total. The van der Waals surface area contributed by atoms with Crippen LogP contribution in [0.5, 0.6) is 0 Å². The zero-order valence-electron chi connectivity index (χ0n) is 22.1. The van der Waals surface area contributed by atoms with Crippen LogP contribution in [0.15, 0.2) is 24.3 Å². The molecule has 0 aromatic heterocycles. The van der Waals surface area contributed by atoms with Gasteiger partial charge in [-0.25, -0.2) is 0 Å². The van der Waals surface area contributed by atoms with Gasteiger partial charge in [-0.3, -0.25) is 24.6 Å². The number of nitrogens with two attached hydrogens (primary N) is 1. The minimum atomic E-state index is -0.787. The molecule has 0 fully saturated rings. The van der Waals surface area contributed by atoms with E-state index in [0.29, 0.717) is 18.9 Å². The number of nitro groups is 1. The van der Waals surface area contributed by atoms with Crippen molar-refractivity contribution in [2.45, 2.75) is 71.3 Å². The van der Waals surface area contributed by atoms with Gasteiger partial charge >= 0.3 is 5.97 Å². The van der Waals surface area contributed by atoms with Gasteiger partial charge in [0.2, 0.25) is 5.91 Å². The highest BCUT2D eigenvalue weighted by Gasteiger charge is 2.08. The maximum absolute atomic E-state index is 10.6. The Balaban J connectivity index is 0. The van der Waals surface area contributed by atoms with Gasteiger partial charge in [0, 0.05) is 31.2 Å². The number of aliphatic hydroxyl groups is 1. The quantitative estimate of drug-likeness (QED) is 0.189. The van der Waals surface area contributed by atoms with Crippen molar-refractivity contribution >= 4 is 17.6 Å². The second-order valence-corrected chi connectivity index (χ2v) is 8.78. The Morgan fingerprint density at radius 3 is 2.09 bits per heavy atom. The Morgan fingerprint density at radius 2 is 1.69 bits per heavy atom. The second-order valence-electron chi connectivity index (χ2n) is 8.78. The first-order chi connectivity index (χ1) is 16.4. The Bertz CT molecular complexity index is 698. The molecule has 1 unspecified atom stereocenters. The van der Waals surface area contributed by atoms with Crippen molar-refractivity contribution in [3.05, 3.63) is 39.9 Å². The minimum absolute atomic E-state index is 0.104. The lowest BCUT2D eigenvalue weighted by Gasteiger charge is -2.24. The van der Waals surface area contributed by atoms with E-state index in [0.717, 1.165) is 24.9 Å². The summed E-state index contributed by atoms with van der Waals surface area (Å²) >= 11 is 0. The number of carbonyl (C=O) groups is 2. The van der Waals surface area contributed by atoms with E-state index < -0.39 is 10.9 Å². The molecular formula is C25H46N4O6. The molecular weight excluding hydrogens is 452 g/mol. The lowest BCUT2D eigenvalue weighted by molar-refractivity contribution is -0.384. The first kappa shape index (κ1) is 34.6. The molecule has 4 N–H and O–H groups in total. The number of aryl methyl sites for hydroxylation is 1. The zero-order valence-corrected chi connectivity index (χ0v) is 22.1. The number of non-ortho nitro benzene ring substituents is 1. The summed E-state index contributed by atoms with van der Waals surface area (Å²) < 4.78 is 0. The Labute approximate surface area is 210 Å². The van der Waals surface area contributed by atoms with Crippen molar-refractivity contribution in [3.8, 4) is 0 Å². The van der Waals surface area contributed by atoms with E-state index in [9.17, 15) is 19.7 Å². The Kier molecular flexibility index (Phi) is 21.7. The van der Waals surface area contributed by atoms with Crippen molar-refractivity contribution in [1.82, 2.24) is 9.80 Å². The molecule has 1 rings (SSSR count). The highest BCUT2D eigenvalue weighted by Crippen LogP contribution is 2.12. The third kappa shape index (κ3) is 23.0. The maximum atomic E-state index is 10.6. The number of hydrogen-bond acceptors (Lipinski definition) is 7. The first-order valence-electron chi connectivity index (χ1n) is 12.1. The third-order valence-corrected chi connectivity index (χ3v) is 5.13. The summed E-state index contributed by atoms with van der Waals surface area (Å²) in [4.78, 5) is 34.1. The van der Waals surface area contributed by atoms with Gasteiger partial charge in [0.15, 0.2) is 0 Å². The van der Waals surface area contributed by atoms with E-state index in [-0.39, 0.29) is 24.7 Å². The number of unbranched alkanes of at least 4 members (excludes halogenated alkanes) is 2. The van der Waals surface area contributed by atoms with Crippen molar-refractivity contribution in [1.29, 1.82) is 0 Å². The summed E-state index contributed by atoms with van der Waals surface area (Å²) in [6.07, 6.45) is 7.98. The lowest BCUT2D eigenvalue weighted by Crippen LogP contribution is -2.30. The van der Waals surface area contributed by atoms with Crippen molar-refractivity contribution in [2.24, 2.45) is 5.73 Å². The average molecular weight is 499 g/mol. The number of carboxylic acid groups (broad SMARTS) is 1. The molecule has 35 heavy (non-hydrogen) atoms. The predicted octanol–water partition coefficient (Wildman–Crippen LogP) is 3.30. The fourth-order valence-corrected chi connectivity index (χ4v) is 2.97. The number of amides is 1. The summed E-state index contributed by atoms with van der Waals surface area (Å²) in [6.45, 7) is 5.70. The van der Waals surface area contributed by atoms with Crippen LogP contribution in [-0.2, 0) is 16.0 Å². The zero-order chi connectivity index (χ0) is 27.2.